The van der Waals surface area contributed by atoms with Crippen molar-refractivity contribution in [1.29, 1.82) is 0 Å². The Hall–Kier alpha value is -1.28. The van der Waals surface area contributed by atoms with Crippen LogP contribution in [0.3, 0.4) is 0 Å². The second kappa shape index (κ2) is 4.49. The molecule has 80 valence electrons. The van der Waals surface area contributed by atoms with Gasteiger partial charge in [0, 0.05) is 17.5 Å². The number of nitrogens with one attached hydrogen (secondary N) is 2. The first-order valence-electron chi connectivity index (χ1n) is 5.51. The molecule has 1 aromatic heterocycles. The molecule has 1 heterocycles. The van der Waals surface area contributed by atoms with Crippen LogP contribution in [0.15, 0.2) is 18.3 Å². The molecule has 0 radical (unpaired) electrons. The third-order valence-corrected chi connectivity index (χ3v) is 2.88. The first-order chi connectivity index (χ1) is 7.33. The summed E-state index contributed by atoms with van der Waals surface area (Å²) >= 11 is 0. The third-order valence-electron chi connectivity index (χ3n) is 2.88. The van der Waals surface area contributed by atoms with Crippen LogP contribution in [0.5, 0.6) is 0 Å². The number of hydrogen-bond donors (Lipinski definition) is 2. The van der Waals surface area contributed by atoms with Gasteiger partial charge in [-0.25, -0.2) is 0 Å². The van der Waals surface area contributed by atoms with E-state index in [0.717, 1.165) is 19.4 Å². The molecule has 0 amide bonds. The minimum absolute atomic E-state index is 1.03. The highest BCUT2D eigenvalue weighted by molar-refractivity contribution is 5.76. The van der Waals surface area contributed by atoms with Crippen LogP contribution in [0.2, 0.25) is 0 Å². The van der Waals surface area contributed by atoms with Crippen LogP contribution in [0, 0.1) is 0 Å². The molecule has 0 bridgehead atoms. The summed E-state index contributed by atoms with van der Waals surface area (Å²) in [6.07, 6.45) is 10.9. The van der Waals surface area contributed by atoms with Gasteiger partial charge in [0.15, 0.2) is 0 Å². The molecular formula is C13H18N2. The lowest BCUT2D eigenvalue weighted by Crippen LogP contribution is -2.10. The Balaban J connectivity index is 2.34. The average molecular weight is 202 g/mol. The predicted molar refractivity (Wildman–Crippen MR) is 65.7 cm³/mol. The smallest absolute Gasteiger partial charge is 0.0456 e. The summed E-state index contributed by atoms with van der Waals surface area (Å²) in [6.45, 7) is 3.23. The molecule has 0 aromatic carbocycles. The van der Waals surface area contributed by atoms with Gasteiger partial charge in [0.25, 0.3) is 0 Å². The Labute approximate surface area is 91.1 Å². The van der Waals surface area contributed by atoms with Crippen molar-refractivity contribution < 1.29 is 0 Å². The minimum atomic E-state index is 1.03. The largest absolute Gasteiger partial charge is 0.361 e. The van der Waals surface area contributed by atoms with Crippen molar-refractivity contribution in [3.63, 3.8) is 0 Å². The Bertz CT molecular complexity index is 397. The number of allylic oxidation sites excluding steroid dienone is 3. The predicted octanol–water partition coefficient (Wildman–Crippen LogP) is 2.60. The molecule has 1 aliphatic carbocycles. The molecule has 0 aliphatic heterocycles. The third kappa shape index (κ3) is 2.05. The van der Waals surface area contributed by atoms with E-state index < -0.39 is 0 Å². The van der Waals surface area contributed by atoms with Crippen molar-refractivity contribution in [2.45, 2.75) is 19.8 Å². The lowest BCUT2D eigenvalue weighted by molar-refractivity contribution is 0.791. The van der Waals surface area contributed by atoms with Gasteiger partial charge in [-0.05, 0) is 50.6 Å². The quantitative estimate of drug-likeness (QED) is 0.774. The van der Waals surface area contributed by atoms with Gasteiger partial charge in [-0.1, -0.05) is 12.2 Å². The van der Waals surface area contributed by atoms with Gasteiger partial charge in [0.1, 0.15) is 0 Å². The maximum atomic E-state index is 3.35. The molecule has 0 atom stereocenters. The van der Waals surface area contributed by atoms with Gasteiger partial charge in [0.05, 0.1) is 0 Å². The van der Waals surface area contributed by atoms with Crippen LogP contribution in [0.25, 0.3) is 11.6 Å². The van der Waals surface area contributed by atoms with Crippen molar-refractivity contribution in [1.82, 2.24) is 10.3 Å². The summed E-state index contributed by atoms with van der Waals surface area (Å²) in [4.78, 5) is 3.35. The molecule has 2 N–H and O–H groups in total. The second-order valence-electron chi connectivity index (χ2n) is 3.98. The van der Waals surface area contributed by atoms with Gasteiger partial charge in [0.2, 0.25) is 0 Å². The van der Waals surface area contributed by atoms with E-state index in [4.69, 9.17) is 0 Å². The molecule has 0 spiro atoms. The van der Waals surface area contributed by atoms with Crippen LogP contribution >= 0.6 is 0 Å². The van der Waals surface area contributed by atoms with Crippen LogP contribution < -0.4 is 5.32 Å². The summed E-state index contributed by atoms with van der Waals surface area (Å²) in [5.74, 6) is 0. The SMILES string of the molecule is CNCCc1c[nH]c2c1C(C)=CCC=C2. The summed E-state index contributed by atoms with van der Waals surface area (Å²) in [5.41, 5.74) is 5.47. The van der Waals surface area contributed by atoms with E-state index >= 15 is 0 Å². The fourth-order valence-electron chi connectivity index (χ4n) is 2.07. The summed E-state index contributed by atoms with van der Waals surface area (Å²) < 4.78 is 0. The van der Waals surface area contributed by atoms with Gasteiger partial charge in [-0.3, -0.25) is 0 Å². The molecule has 1 aliphatic rings. The number of fused-ring (bicyclic) bond motifs is 1. The van der Waals surface area contributed by atoms with E-state index in [9.17, 15) is 0 Å². The van der Waals surface area contributed by atoms with Crippen LogP contribution in [-0.2, 0) is 6.42 Å². The number of hydrogen-bond acceptors (Lipinski definition) is 1. The Morgan fingerprint density at radius 1 is 1.47 bits per heavy atom. The Morgan fingerprint density at radius 2 is 2.33 bits per heavy atom. The second-order valence-corrected chi connectivity index (χ2v) is 3.98. The van der Waals surface area contributed by atoms with Gasteiger partial charge >= 0.3 is 0 Å². The zero-order valence-electron chi connectivity index (χ0n) is 9.43. The fourth-order valence-corrected chi connectivity index (χ4v) is 2.07. The molecule has 0 unspecified atom stereocenters. The molecule has 15 heavy (non-hydrogen) atoms. The first-order valence-corrected chi connectivity index (χ1v) is 5.51. The number of aromatic nitrogens is 1. The van der Waals surface area contributed by atoms with Gasteiger partial charge in [-0.15, -0.1) is 0 Å². The number of rotatable bonds is 3. The monoisotopic (exact) mass is 202 g/mol. The minimum Gasteiger partial charge on any atom is -0.361 e. The first kappa shape index (κ1) is 10.2. The molecule has 0 fully saturated rings. The number of likely N-dealkylation sites (N-methyl/N-ethyl adjacent to an activating group) is 1. The number of aromatic amines is 1. The molecule has 2 heteroatoms. The topological polar surface area (TPSA) is 27.8 Å². The molecule has 0 saturated carbocycles. The molecular weight excluding hydrogens is 184 g/mol. The van der Waals surface area contributed by atoms with Crippen molar-refractivity contribution in [3.05, 3.63) is 35.2 Å². The Kier molecular flexibility index (Phi) is 3.07. The van der Waals surface area contributed by atoms with Crippen LogP contribution in [0.1, 0.15) is 30.2 Å². The van der Waals surface area contributed by atoms with Crippen LogP contribution in [-0.4, -0.2) is 18.6 Å². The van der Waals surface area contributed by atoms with E-state index in [1.54, 1.807) is 0 Å². The molecule has 0 saturated heterocycles. The highest BCUT2D eigenvalue weighted by Crippen LogP contribution is 2.27. The fraction of sp³-hybridized carbons (Fsp3) is 0.385. The van der Waals surface area contributed by atoms with Crippen molar-refractivity contribution >= 4 is 11.6 Å². The van der Waals surface area contributed by atoms with Crippen molar-refractivity contribution in [3.8, 4) is 0 Å². The van der Waals surface area contributed by atoms with Gasteiger partial charge in [-0.2, -0.15) is 0 Å². The summed E-state index contributed by atoms with van der Waals surface area (Å²) in [5, 5.41) is 3.19. The molecule has 2 rings (SSSR count). The van der Waals surface area contributed by atoms with E-state index in [1.807, 2.05) is 7.05 Å². The van der Waals surface area contributed by atoms with Crippen LogP contribution in [0.4, 0.5) is 0 Å². The highest BCUT2D eigenvalue weighted by atomic mass is 14.8. The zero-order chi connectivity index (χ0) is 10.7. The summed E-state index contributed by atoms with van der Waals surface area (Å²) in [6, 6.07) is 0. The average Bonchev–Trinajstić information content (AvgIpc) is 2.55. The van der Waals surface area contributed by atoms with E-state index in [1.165, 1.54) is 22.4 Å². The maximum absolute atomic E-state index is 3.35. The molecule has 2 nitrogen and oxygen atoms in total. The number of H-pyrrole nitrogens is 1. The lowest BCUT2D eigenvalue weighted by atomic mass is 10.0. The van der Waals surface area contributed by atoms with Gasteiger partial charge < -0.3 is 10.3 Å². The molecule has 1 aromatic rings. The van der Waals surface area contributed by atoms with E-state index in [0.29, 0.717) is 0 Å². The van der Waals surface area contributed by atoms with E-state index in [-0.39, 0.29) is 0 Å². The lowest BCUT2D eigenvalue weighted by Gasteiger charge is -2.04. The van der Waals surface area contributed by atoms with Crippen molar-refractivity contribution in [2.75, 3.05) is 13.6 Å². The summed E-state index contributed by atoms with van der Waals surface area (Å²) in [7, 11) is 1.99. The maximum Gasteiger partial charge on any atom is 0.0456 e. The normalized spacial score (nSPS) is 14.7. The van der Waals surface area contributed by atoms with Crippen molar-refractivity contribution in [2.24, 2.45) is 0 Å². The zero-order valence-corrected chi connectivity index (χ0v) is 9.43. The van der Waals surface area contributed by atoms with E-state index in [2.05, 4.69) is 41.6 Å². The standard InChI is InChI=1S/C13H18N2/c1-10-5-3-4-6-12-13(10)11(9-15-12)7-8-14-2/h4-6,9,14-15H,3,7-8H2,1-2H3. The Morgan fingerprint density at radius 3 is 3.13 bits per heavy atom. The highest BCUT2D eigenvalue weighted by Gasteiger charge is 2.11.